The summed E-state index contributed by atoms with van der Waals surface area (Å²) in [5.74, 6) is -0.161. The van der Waals surface area contributed by atoms with Crippen LogP contribution in [-0.2, 0) is 11.3 Å². The molecular weight excluding hydrogens is 320 g/mol. The van der Waals surface area contributed by atoms with Gasteiger partial charge >= 0.3 is 0 Å². The zero-order chi connectivity index (χ0) is 17.5. The van der Waals surface area contributed by atoms with E-state index >= 15 is 0 Å². The summed E-state index contributed by atoms with van der Waals surface area (Å²) in [6.45, 7) is 4.15. The van der Waals surface area contributed by atoms with E-state index in [1.54, 1.807) is 11.8 Å². The second-order valence-electron chi connectivity index (χ2n) is 5.75. The fourth-order valence-corrected chi connectivity index (χ4v) is 2.43. The Morgan fingerprint density at radius 3 is 2.17 bits per heavy atom. The fourth-order valence-electron chi connectivity index (χ4n) is 2.02. The Morgan fingerprint density at radius 2 is 1.62 bits per heavy atom. The molecular formula is C19H22N2O2S. The normalized spacial score (nSPS) is 10.5. The lowest BCUT2D eigenvalue weighted by molar-refractivity contribution is -0.118. The van der Waals surface area contributed by atoms with E-state index in [1.807, 2.05) is 68.6 Å². The Kier molecular flexibility index (Phi) is 6.44. The van der Waals surface area contributed by atoms with Crippen LogP contribution in [0.3, 0.4) is 0 Å². The number of amides is 2. The number of carbonyl (C=O) groups excluding carboxylic acids is 2. The van der Waals surface area contributed by atoms with Gasteiger partial charge in [0.2, 0.25) is 5.91 Å². The molecule has 2 aromatic rings. The van der Waals surface area contributed by atoms with E-state index < -0.39 is 0 Å². The molecule has 0 aliphatic rings. The number of rotatable bonds is 6. The SMILES string of the molecule is CSc1ccc(C(=O)NCc2ccc(NC(=O)C(C)C)cc2)cc1. The van der Waals surface area contributed by atoms with Crippen LogP contribution in [0.5, 0.6) is 0 Å². The summed E-state index contributed by atoms with van der Waals surface area (Å²) in [6.07, 6.45) is 2.00. The van der Waals surface area contributed by atoms with Gasteiger partial charge in [-0.1, -0.05) is 26.0 Å². The molecule has 0 aliphatic carbocycles. The number of benzene rings is 2. The minimum atomic E-state index is -0.0974. The Morgan fingerprint density at radius 1 is 1.00 bits per heavy atom. The molecule has 2 rings (SSSR count). The van der Waals surface area contributed by atoms with Gasteiger partial charge in [-0.15, -0.1) is 11.8 Å². The zero-order valence-corrected chi connectivity index (χ0v) is 14.9. The van der Waals surface area contributed by atoms with Gasteiger partial charge in [0, 0.05) is 28.6 Å². The Hall–Kier alpha value is -2.27. The second-order valence-corrected chi connectivity index (χ2v) is 6.63. The van der Waals surface area contributed by atoms with Crippen LogP contribution in [0, 0.1) is 5.92 Å². The number of nitrogens with one attached hydrogen (secondary N) is 2. The van der Waals surface area contributed by atoms with Crippen molar-refractivity contribution in [2.24, 2.45) is 5.92 Å². The highest BCUT2D eigenvalue weighted by Crippen LogP contribution is 2.15. The average molecular weight is 342 g/mol. The van der Waals surface area contributed by atoms with E-state index in [2.05, 4.69) is 10.6 Å². The van der Waals surface area contributed by atoms with Crippen molar-refractivity contribution < 1.29 is 9.59 Å². The van der Waals surface area contributed by atoms with Gasteiger partial charge in [0.15, 0.2) is 0 Å². The van der Waals surface area contributed by atoms with Crippen LogP contribution in [0.1, 0.15) is 29.8 Å². The molecule has 0 spiro atoms. The Labute approximate surface area is 147 Å². The lowest BCUT2D eigenvalue weighted by Crippen LogP contribution is -2.22. The van der Waals surface area contributed by atoms with Gasteiger partial charge < -0.3 is 10.6 Å². The first-order valence-corrected chi connectivity index (χ1v) is 9.04. The van der Waals surface area contributed by atoms with Crippen LogP contribution < -0.4 is 10.6 Å². The molecule has 2 amide bonds. The largest absolute Gasteiger partial charge is 0.348 e. The van der Waals surface area contributed by atoms with Gasteiger partial charge in [0.1, 0.15) is 0 Å². The third-order valence-corrected chi connectivity index (χ3v) is 4.29. The Bertz CT molecular complexity index is 694. The van der Waals surface area contributed by atoms with E-state index in [0.717, 1.165) is 16.1 Å². The number of carbonyl (C=O) groups is 2. The van der Waals surface area contributed by atoms with Crippen LogP contribution in [0.15, 0.2) is 53.4 Å². The van der Waals surface area contributed by atoms with E-state index in [-0.39, 0.29) is 17.7 Å². The molecule has 0 unspecified atom stereocenters. The van der Waals surface area contributed by atoms with Crippen molar-refractivity contribution in [1.29, 1.82) is 0 Å². The number of thioether (sulfide) groups is 1. The molecule has 0 aromatic heterocycles. The lowest BCUT2D eigenvalue weighted by atomic mass is 10.1. The minimum Gasteiger partial charge on any atom is -0.348 e. The van der Waals surface area contributed by atoms with Gasteiger partial charge in [-0.25, -0.2) is 0 Å². The Balaban J connectivity index is 1.89. The maximum Gasteiger partial charge on any atom is 0.251 e. The van der Waals surface area contributed by atoms with Gasteiger partial charge in [-0.05, 0) is 48.2 Å². The van der Waals surface area contributed by atoms with Crippen molar-refractivity contribution in [3.63, 3.8) is 0 Å². The van der Waals surface area contributed by atoms with Crippen LogP contribution in [0.25, 0.3) is 0 Å². The summed E-state index contributed by atoms with van der Waals surface area (Å²) in [6, 6.07) is 15.0. The maximum absolute atomic E-state index is 12.1. The van der Waals surface area contributed by atoms with Gasteiger partial charge in [-0.2, -0.15) is 0 Å². The number of hydrogen-bond acceptors (Lipinski definition) is 3. The third kappa shape index (κ3) is 5.13. The van der Waals surface area contributed by atoms with Crippen molar-refractivity contribution in [3.8, 4) is 0 Å². The molecule has 5 heteroatoms. The third-order valence-electron chi connectivity index (χ3n) is 3.55. The summed E-state index contributed by atoms with van der Waals surface area (Å²) in [5, 5.41) is 5.74. The van der Waals surface area contributed by atoms with E-state index in [4.69, 9.17) is 0 Å². The molecule has 126 valence electrons. The standard InChI is InChI=1S/C19H22N2O2S/c1-13(2)18(22)21-16-8-4-14(5-9-16)12-20-19(23)15-6-10-17(24-3)11-7-15/h4-11,13H,12H2,1-3H3,(H,20,23)(H,21,22). The first-order valence-electron chi connectivity index (χ1n) is 7.81. The smallest absolute Gasteiger partial charge is 0.251 e. The predicted molar refractivity (Wildman–Crippen MR) is 99.3 cm³/mol. The molecule has 2 N–H and O–H groups in total. The zero-order valence-electron chi connectivity index (χ0n) is 14.1. The molecule has 0 heterocycles. The van der Waals surface area contributed by atoms with Crippen LogP contribution in [-0.4, -0.2) is 18.1 Å². The molecule has 4 nitrogen and oxygen atoms in total. The van der Waals surface area contributed by atoms with E-state index in [0.29, 0.717) is 12.1 Å². The minimum absolute atomic E-state index is 0.00950. The summed E-state index contributed by atoms with van der Waals surface area (Å²) in [4.78, 5) is 24.9. The molecule has 0 bridgehead atoms. The molecule has 0 saturated heterocycles. The fraction of sp³-hybridized carbons (Fsp3) is 0.263. The monoisotopic (exact) mass is 342 g/mol. The van der Waals surface area contributed by atoms with Crippen molar-refractivity contribution in [3.05, 3.63) is 59.7 Å². The number of hydrogen-bond donors (Lipinski definition) is 2. The van der Waals surface area contributed by atoms with Crippen LogP contribution in [0.4, 0.5) is 5.69 Å². The molecule has 2 aromatic carbocycles. The molecule has 0 atom stereocenters. The molecule has 0 saturated carbocycles. The van der Waals surface area contributed by atoms with E-state index in [1.165, 1.54) is 0 Å². The quantitative estimate of drug-likeness (QED) is 0.782. The highest BCUT2D eigenvalue weighted by atomic mass is 32.2. The van der Waals surface area contributed by atoms with Crippen LogP contribution in [0.2, 0.25) is 0 Å². The summed E-state index contributed by atoms with van der Waals surface area (Å²) in [7, 11) is 0. The highest BCUT2D eigenvalue weighted by Gasteiger charge is 2.07. The maximum atomic E-state index is 12.1. The van der Waals surface area contributed by atoms with Crippen molar-refractivity contribution >= 4 is 29.3 Å². The van der Waals surface area contributed by atoms with Gasteiger partial charge in [0.25, 0.3) is 5.91 Å². The first-order chi connectivity index (χ1) is 11.5. The topological polar surface area (TPSA) is 58.2 Å². The average Bonchev–Trinajstić information content (AvgIpc) is 2.60. The summed E-state index contributed by atoms with van der Waals surface area (Å²) < 4.78 is 0. The van der Waals surface area contributed by atoms with Crippen molar-refractivity contribution in [2.45, 2.75) is 25.3 Å². The van der Waals surface area contributed by atoms with Gasteiger partial charge in [0.05, 0.1) is 0 Å². The van der Waals surface area contributed by atoms with Crippen molar-refractivity contribution in [2.75, 3.05) is 11.6 Å². The molecule has 0 aliphatic heterocycles. The first kappa shape index (κ1) is 18.1. The predicted octanol–water partition coefficient (Wildman–Crippen LogP) is 3.93. The van der Waals surface area contributed by atoms with Gasteiger partial charge in [-0.3, -0.25) is 9.59 Å². The highest BCUT2D eigenvalue weighted by molar-refractivity contribution is 7.98. The van der Waals surface area contributed by atoms with E-state index in [9.17, 15) is 9.59 Å². The molecule has 24 heavy (non-hydrogen) atoms. The molecule has 0 fully saturated rings. The number of anilines is 1. The lowest BCUT2D eigenvalue weighted by Gasteiger charge is -2.09. The van der Waals surface area contributed by atoms with Crippen LogP contribution >= 0.6 is 11.8 Å². The summed E-state index contributed by atoms with van der Waals surface area (Å²) in [5.41, 5.74) is 2.39. The second kappa shape index (κ2) is 8.55. The molecule has 0 radical (unpaired) electrons. The van der Waals surface area contributed by atoms with Crippen molar-refractivity contribution in [1.82, 2.24) is 5.32 Å². The summed E-state index contributed by atoms with van der Waals surface area (Å²) >= 11 is 1.64.